The van der Waals surface area contributed by atoms with Gasteiger partial charge in [0.2, 0.25) is 21.8 Å². The van der Waals surface area contributed by atoms with Crippen LogP contribution >= 0.6 is 0 Å². The van der Waals surface area contributed by atoms with Gasteiger partial charge in [0, 0.05) is 24.0 Å². The number of piperidine rings is 1. The monoisotopic (exact) mass is 545 g/mol. The van der Waals surface area contributed by atoms with E-state index < -0.39 is 21.2 Å². The number of rotatable bonds is 14. The molecule has 0 spiro atoms. The number of amides is 2. The van der Waals surface area contributed by atoms with Gasteiger partial charge in [-0.1, -0.05) is 45.4 Å². The molecule has 1 heterocycles. The second kappa shape index (κ2) is 14.2. The lowest BCUT2D eigenvalue weighted by Gasteiger charge is -2.53. The molecule has 2 unspecified atom stereocenters. The van der Waals surface area contributed by atoms with Crippen molar-refractivity contribution in [2.75, 3.05) is 13.2 Å². The third kappa shape index (κ3) is 10.5. The number of unbranched alkanes of at least 4 members (excludes halogenated alkanes) is 5. The summed E-state index contributed by atoms with van der Waals surface area (Å²) in [5.41, 5.74) is -0.473. The Hall–Kier alpha value is -1.23. The fourth-order valence-electron chi connectivity index (χ4n) is 5.98. The Morgan fingerprint density at radius 3 is 2.22 bits per heavy atom. The molecule has 1 aliphatic carbocycles. The van der Waals surface area contributed by atoms with E-state index in [0.717, 1.165) is 19.3 Å². The van der Waals surface area contributed by atoms with Crippen molar-refractivity contribution in [2.45, 2.75) is 147 Å². The Kier molecular flexibility index (Phi) is 12.3. The van der Waals surface area contributed by atoms with Crippen LogP contribution < -0.4 is 10.0 Å². The minimum atomic E-state index is -3.72. The summed E-state index contributed by atoms with van der Waals surface area (Å²) in [6.45, 7) is 12.7. The minimum absolute atomic E-state index is 0.0605. The summed E-state index contributed by atoms with van der Waals surface area (Å²) in [7, 11) is -3.72. The molecule has 216 valence electrons. The first-order valence-electron chi connectivity index (χ1n) is 14.1. The normalized spacial score (nSPS) is 24.5. The number of hydrogen-bond acceptors (Lipinski definition) is 7. The van der Waals surface area contributed by atoms with E-state index in [0.29, 0.717) is 32.3 Å². The molecule has 2 aliphatic rings. The van der Waals surface area contributed by atoms with Crippen LogP contribution in [0.15, 0.2) is 0 Å². The van der Waals surface area contributed by atoms with E-state index >= 15 is 0 Å². The lowest BCUT2D eigenvalue weighted by molar-refractivity contribution is -0.294. The van der Waals surface area contributed by atoms with Gasteiger partial charge in [-0.15, -0.1) is 0 Å². The van der Waals surface area contributed by atoms with Crippen molar-refractivity contribution < 1.29 is 27.6 Å². The van der Waals surface area contributed by atoms with Crippen molar-refractivity contribution >= 4 is 21.8 Å². The summed E-state index contributed by atoms with van der Waals surface area (Å²) >= 11 is 0. The van der Waals surface area contributed by atoms with Gasteiger partial charge in [-0.3, -0.25) is 19.1 Å². The van der Waals surface area contributed by atoms with Gasteiger partial charge in [0.05, 0.1) is 18.0 Å². The van der Waals surface area contributed by atoms with E-state index in [1.807, 2.05) is 0 Å². The number of carbonyl (C=O) groups is 2. The molecular weight excluding hydrogens is 494 g/mol. The zero-order valence-electron chi connectivity index (χ0n) is 23.9. The van der Waals surface area contributed by atoms with E-state index in [9.17, 15) is 18.0 Å². The van der Waals surface area contributed by atoms with Crippen LogP contribution in [0.2, 0.25) is 0 Å². The van der Waals surface area contributed by atoms with Crippen LogP contribution in [-0.4, -0.2) is 67.0 Å². The highest BCUT2D eigenvalue weighted by atomic mass is 32.2. The first kappa shape index (κ1) is 32.0. The Labute approximate surface area is 224 Å². The van der Waals surface area contributed by atoms with Crippen LogP contribution in [0.5, 0.6) is 0 Å². The van der Waals surface area contributed by atoms with Gasteiger partial charge < -0.3 is 10.1 Å². The summed E-state index contributed by atoms with van der Waals surface area (Å²) in [6, 6.07) is -0.247. The zero-order chi connectivity index (χ0) is 27.7. The molecule has 2 N–H and O–H groups in total. The molecule has 0 aromatic heterocycles. The summed E-state index contributed by atoms with van der Waals surface area (Å²) in [5.74, 6) is -0.829. The molecular formula is C27H51N3O6S. The third-order valence-corrected chi connectivity index (χ3v) is 9.32. The summed E-state index contributed by atoms with van der Waals surface area (Å²) < 4.78 is 32.8. The van der Waals surface area contributed by atoms with Crippen LogP contribution in [0.25, 0.3) is 0 Å². The Morgan fingerprint density at radius 1 is 0.973 bits per heavy atom. The molecule has 0 radical (unpaired) electrons. The zero-order valence-corrected chi connectivity index (χ0v) is 24.8. The van der Waals surface area contributed by atoms with Gasteiger partial charge in [0.25, 0.3) is 0 Å². The largest absolute Gasteiger partial charge is 0.368 e. The van der Waals surface area contributed by atoms with Gasteiger partial charge in [0.15, 0.2) is 0 Å². The van der Waals surface area contributed by atoms with Crippen molar-refractivity contribution in [1.82, 2.24) is 15.1 Å². The Bertz CT molecular complexity index is 827. The lowest BCUT2D eigenvalue weighted by Crippen LogP contribution is -2.62. The van der Waals surface area contributed by atoms with Crippen molar-refractivity contribution in [3.8, 4) is 0 Å². The molecule has 1 aliphatic heterocycles. The Morgan fingerprint density at radius 2 is 1.59 bits per heavy atom. The number of nitrogens with zero attached hydrogens (tertiary/aromatic N) is 1. The van der Waals surface area contributed by atoms with E-state index in [1.165, 1.54) is 39.0 Å². The molecule has 9 nitrogen and oxygen atoms in total. The van der Waals surface area contributed by atoms with E-state index in [-0.39, 0.29) is 35.7 Å². The fourth-order valence-corrected chi connectivity index (χ4v) is 7.51. The molecule has 37 heavy (non-hydrogen) atoms. The SMILES string of the molecule is CCCCCCCCON1C(C)(C)CC(OCC(=O)NC2CCCC(S(=O)(=O)NC(C)=O)C2)CC1(C)C. The molecule has 2 fully saturated rings. The number of carbonyl (C=O) groups excluding carboxylic acids is 2. The lowest BCUT2D eigenvalue weighted by atomic mass is 9.80. The van der Waals surface area contributed by atoms with Crippen molar-refractivity contribution in [3.05, 3.63) is 0 Å². The maximum atomic E-state index is 12.7. The second-order valence-corrected chi connectivity index (χ2v) is 14.1. The number of hydroxylamine groups is 2. The average molecular weight is 546 g/mol. The Balaban J connectivity index is 1.80. The van der Waals surface area contributed by atoms with Crippen LogP contribution in [0.1, 0.15) is 119 Å². The molecule has 2 rings (SSSR count). The molecule has 0 aromatic rings. The quantitative estimate of drug-likeness (QED) is 0.314. The summed E-state index contributed by atoms with van der Waals surface area (Å²) in [5, 5.41) is 4.39. The molecule has 0 aromatic carbocycles. The topological polar surface area (TPSA) is 114 Å². The van der Waals surface area contributed by atoms with Crippen LogP contribution in [0, 0.1) is 0 Å². The highest BCUT2D eigenvalue weighted by Crippen LogP contribution is 2.39. The van der Waals surface area contributed by atoms with Gasteiger partial charge >= 0.3 is 0 Å². The average Bonchev–Trinajstić information content (AvgIpc) is 2.77. The van der Waals surface area contributed by atoms with Crippen molar-refractivity contribution in [3.63, 3.8) is 0 Å². The van der Waals surface area contributed by atoms with Crippen LogP contribution in [-0.2, 0) is 29.2 Å². The van der Waals surface area contributed by atoms with Crippen molar-refractivity contribution in [2.24, 2.45) is 0 Å². The molecule has 2 atom stereocenters. The smallest absolute Gasteiger partial charge is 0.246 e. The standard InChI is InChI=1S/C27H51N3O6S/c1-7-8-9-10-11-12-16-36-30-26(3,4)18-23(19-27(30,5)6)35-20-25(32)28-22-14-13-15-24(17-22)37(33,34)29-21(2)31/h22-24H,7-20H2,1-6H3,(H,28,32)(H,29,31). The third-order valence-electron chi connectivity index (χ3n) is 7.44. The summed E-state index contributed by atoms with van der Waals surface area (Å²) in [4.78, 5) is 30.2. The number of hydrogen-bond donors (Lipinski definition) is 2. The van der Waals surface area contributed by atoms with Crippen LogP contribution in [0.4, 0.5) is 0 Å². The van der Waals surface area contributed by atoms with Gasteiger partial charge in [-0.25, -0.2) is 8.42 Å². The van der Waals surface area contributed by atoms with Crippen molar-refractivity contribution in [1.29, 1.82) is 0 Å². The molecule has 1 saturated carbocycles. The fraction of sp³-hybridized carbons (Fsp3) is 0.926. The second-order valence-electron chi connectivity index (χ2n) is 12.1. The minimum Gasteiger partial charge on any atom is -0.368 e. The maximum absolute atomic E-state index is 12.7. The molecule has 2 amide bonds. The highest BCUT2D eigenvalue weighted by molar-refractivity contribution is 7.90. The predicted octanol–water partition coefficient (Wildman–Crippen LogP) is 4.21. The number of sulfonamides is 1. The van der Waals surface area contributed by atoms with Gasteiger partial charge in [-0.2, -0.15) is 5.06 Å². The van der Waals surface area contributed by atoms with E-state index in [2.05, 4.69) is 49.7 Å². The molecule has 10 heteroatoms. The predicted molar refractivity (Wildman–Crippen MR) is 145 cm³/mol. The summed E-state index contributed by atoms with van der Waals surface area (Å²) in [6.07, 6.45) is 10.9. The van der Waals surface area contributed by atoms with Crippen LogP contribution in [0.3, 0.4) is 0 Å². The maximum Gasteiger partial charge on any atom is 0.246 e. The molecule has 0 bridgehead atoms. The van der Waals surface area contributed by atoms with E-state index in [1.54, 1.807) is 0 Å². The van der Waals surface area contributed by atoms with Gasteiger partial charge in [0.1, 0.15) is 6.61 Å². The first-order chi connectivity index (χ1) is 17.3. The first-order valence-corrected chi connectivity index (χ1v) is 15.7. The highest BCUT2D eigenvalue weighted by Gasteiger charge is 2.47. The number of ether oxygens (including phenoxy) is 1. The van der Waals surface area contributed by atoms with Gasteiger partial charge in [-0.05, 0) is 66.2 Å². The van der Waals surface area contributed by atoms with E-state index in [4.69, 9.17) is 9.57 Å². The molecule has 1 saturated heterocycles. The number of nitrogens with one attached hydrogen (secondary N) is 2.